The van der Waals surface area contributed by atoms with Crippen LogP contribution < -0.4 is 5.32 Å². The highest BCUT2D eigenvalue weighted by Gasteiger charge is 2.32. The molecule has 0 atom stereocenters. The van der Waals surface area contributed by atoms with Gasteiger partial charge in [0.25, 0.3) is 5.91 Å². The van der Waals surface area contributed by atoms with Crippen molar-refractivity contribution < 1.29 is 14.4 Å². The molecule has 1 aliphatic heterocycles. The van der Waals surface area contributed by atoms with Gasteiger partial charge in [0.1, 0.15) is 0 Å². The molecule has 3 heterocycles. The Bertz CT molecular complexity index is 1090. The summed E-state index contributed by atoms with van der Waals surface area (Å²) >= 11 is 3.24. The average Bonchev–Trinajstić information content (AvgIpc) is 3.33. The third-order valence-corrected chi connectivity index (χ3v) is 7.62. The average molecular weight is 414 g/mol. The number of hydrogen-bond donors (Lipinski definition) is 1. The summed E-state index contributed by atoms with van der Waals surface area (Å²) in [4.78, 5) is 41.1. The standard InChI is InChI=1S/C20H19N3O3S2/c24-18(21-12-5-6-12)20(26)23-9-7-22(8-10-23)19(25)16-11-15-17(28-16)13-3-1-2-4-14(13)27-15/h1-4,11-12H,5-10H2,(H,21,24). The normalized spacial score (nSPS) is 17.3. The summed E-state index contributed by atoms with van der Waals surface area (Å²) in [6, 6.07) is 10.4. The number of fused-ring (bicyclic) bond motifs is 3. The van der Waals surface area contributed by atoms with Crippen molar-refractivity contribution in [3.8, 4) is 0 Å². The number of carbonyl (C=O) groups is 3. The zero-order valence-corrected chi connectivity index (χ0v) is 16.8. The Hall–Kier alpha value is -2.45. The molecule has 3 aromatic rings. The Morgan fingerprint density at radius 1 is 0.929 bits per heavy atom. The molecule has 8 heteroatoms. The molecular formula is C20H19N3O3S2. The number of thiophene rings is 2. The largest absolute Gasteiger partial charge is 0.345 e. The molecule has 0 unspecified atom stereocenters. The van der Waals surface area contributed by atoms with Crippen LogP contribution in [0.25, 0.3) is 19.5 Å². The van der Waals surface area contributed by atoms with Gasteiger partial charge in [-0.15, -0.1) is 22.7 Å². The van der Waals surface area contributed by atoms with Crippen molar-refractivity contribution in [2.24, 2.45) is 0 Å². The predicted octanol–water partition coefficient (Wildman–Crippen LogP) is 2.68. The van der Waals surface area contributed by atoms with Crippen LogP contribution in [0, 0.1) is 0 Å². The summed E-state index contributed by atoms with van der Waals surface area (Å²) in [5.74, 6) is -0.998. The van der Waals surface area contributed by atoms with Crippen molar-refractivity contribution in [2.45, 2.75) is 18.9 Å². The number of rotatable bonds is 2. The molecule has 1 aromatic carbocycles. The third-order valence-electron chi connectivity index (χ3n) is 5.22. The third kappa shape index (κ3) is 3.16. The summed E-state index contributed by atoms with van der Waals surface area (Å²) in [6.45, 7) is 1.69. The Kier molecular flexibility index (Phi) is 4.32. The van der Waals surface area contributed by atoms with Gasteiger partial charge >= 0.3 is 11.8 Å². The van der Waals surface area contributed by atoms with E-state index in [9.17, 15) is 14.4 Å². The van der Waals surface area contributed by atoms with E-state index in [0.717, 1.165) is 27.1 Å². The molecule has 0 radical (unpaired) electrons. The van der Waals surface area contributed by atoms with Crippen LogP contribution in [0.4, 0.5) is 0 Å². The number of benzene rings is 1. The molecule has 5 rings (SSSR count). The second-order valence-electron chi connectivity index (χ2n) is 7.23. The van der Waals surface area contributed by atoms with Crippen LogP contribution >= 0.6 is 22.7 Å². The number of nitrogens with zero attached hydrogens (tertiary/aromatic N) is 2. The van der Waals surface area contributed by atoms with Crippen LogP contribution in [0.1, 0.15) is 22.5 Å². The van der Waals surface area contributed by atoms with Gasteiger partial charge < -0.3 is 15.1 Å². The quantitative estimate of drug-likeness (QED) is 0.657. The van der Waals surface area contributed by atoms with Crippen molar-refractivity contribution in [3.63, 3.8) is 0 Å². The molecule has 1 aliphatic carbocycles. The minimum absolute atomic E-state index is 0.00649. The lowest BCUT2D eigenvalue weighted by molar-refractivity contribution is -0.146. The molecule has 0 spiro atoms. The second-order valence-corrected chi connectivity index (χ2v) is 9.37. The Labute approximate surface area is 169 Å². The zero-order valence-electron chi connectivity index (χ0n) is 15.1. The molecule has 2 aliphatic rings. The molecule has 144 valence electrons. The van der Waals surface area contributed by atoms with Crippen LogP contribution in [0.15, 0.2) is 30.3 Å². The lowest BCUT2D eigenvalue weighted by atomic mass is 10.2. The van der Waals surface area contributed by atoms with Crippen molar-refractivity contribution >= 4 is 59.9 Å². The maximum Gasteiger partial charge on any atom is 0.312 e. The van der Waals surface area contributed by atoms with E-state index >= 15 is 0 Å². The van der Waals surface area contributed by atoms with Crippen LogP contribution in [0.3, 0.4) is 0 Å². The van der Waals surface area contributed by atoms with Crippen molar-refractivity contribution in [1.82, 2.24) is 15.1 Å². The lowest BCUT2D eigenvalue weighted by Crippen LogP contribution is -2.54. The monoisotopic (exact) mass is 413 g/mol. The Balaban J connectivity index is 1.26. The molecule has 1 N–H and O–H groups in total. The number of carbonyl (C=O) groups excluding carboxylic acids is 3. The van der Waals surface area contributed by atoms with Crippen molar-refractivity contribution in [3.05, 3.63) is 35.2 Å². The molecule has 6 nitrogen and oxygen atoms in total. The predicted molar refractivity (Wildman–Crippen MR) is 111 cm³/mol. The van der Waals surface area contributed by atoms with Gasteiger partial charge in [-0.3, -0.25) is 14.4 Å². The lowest BCUT2D eigenvalue weighted by Gasteiger charge is -2.34. The van der Waals surface area contributed by atoms with E-state index in [-0.39, 0.29) is 11.9 Å². The number of nitrogens with one attached hydrogen (secondary N) is 1. The van der Waals surface area contributed by atoms with Gasteiger partial charge in [0.15, 0.2) is 0 Å². The highest BCUT2D eigenvalue weighted by molar-refractivity contribution is 7.33. The number of piperazine rings is 1. The maximum absolute atomic E-state index is 12.9. The van der Waals surface area contributed by atoms with E-state index in [1.54, 1.807) is 21.1 Å². The molecule has 1 saturated carbocycles. The zero-order chi connectivity index (χ0) is 19.3. The van der Waals surface area contributed by atoms with Gasteiger partial charge in [-0.2, -0.15) is 0 Å². The van der Waals surface area contributed by atoms with E-state index in [2.05, 4.69) is 17.4 Å². The fourth-order valence-corrected chi connectivity index (χ4v) is 5.98. The maximum atomic E-state index is 12.9. The fourth-order valence-electron chi connectivity index (χ4n) is 3.49. The first-order chi connectivity index (χ1) is 13.6. The summed E-state index contributed by atoms with van der Waals surface area (Å²) in [5.41, 5.74) is 0. The van der Waals surface area contributed by atoms with Gasteiger partial charge in [0.05, 0.1) is 9.58 Å². The molecule has 0 bridgehead atoms. The molecule has 1 saturated heterocycles. The molecule has 28 heavy (non-hydrogen) atoms. The highest BCUT2D eigenvalue weighted by atomic mass is 32.1. The van der Waals surface area contributed by atoms with E-state index in [0.29, 0.717) is 26.2 Å². The molecule has 3 amide bonds. The van der Waals surface area contributed by atoms with Gasteiger partial charge in [0, 0.05) is 47.0 Å². The molecule has 2 aromatic heterocycles. The van der Waals surface area contributed by atoms with E-state index < -0.39 is 11.8 Å². The highest BCUT2D eigenvalue weighted by Crippen LogP contribution is 2.39. The summed E-state index contributed by atoms with van der Waals surface area (Å²) in [5, 5.41) is 3.93. The van der Waals surface area contributed by atoms with E-state index in [1.807, 2.05) is 18.2 Å². The van der Waals surface area contributed by atoms with Gasteiger partial charge in [-0.05, 0) is 25.0 Å². The number of amides is 3. The summed E-state index contributed by atoms with van der Waals surface area (Å²) in [7, 11) is 0. The molecular weight excluding hydrogens is 394 g/mol. The second kappa shape index (κ2) is 6.86. The van der Waals surface area contributed by atoms with Gasteiger partial charge in [-0.1, -0.05) is 18.2 Å². The minimum Gasteiger partial charge on any atom is -0.345 e. The minimum atomic E-state index is -0.521. The van der Waals surface area contributed by atoms with Gasteiger partial charge in [-0.25, -0.2) is 0 Å². The van der Waals surface area contributed by atoms with Crippen molar-refractivity contribution in [2.75, 3.05) is 26.2 Å². The first-order valence-electron chi connectivity index (χ1n) is 9.40. The van der Waals surface area contributed by atoms with E-state index in [4.69, 9.17) is 0 Å². The smallest absolute Gasteiger partial charge is 0.312 e. The van der Waals surface area contributed by atoms with Crippen LogP contribution in [0.5, 0.6) is 0 Å². The van der Waals surface area contributed by atoms with Crippen LogP contribution in [-0.4, -0.2) is 59.7 Å². The molecule has 2 fully saturated rings. The SMILES string of the molecule is O=C(NC1CC1)C(=O)N1CCN(C(=O)c2cc3sc4ccccc4c3s2)CC1. The first kappa shape index (κ1) is 17.6. The Morgan fingerprint density at radius 3 is 2.39 bits per heavy atom. The van der Waals surface area contributed by atoms with Crippen LogP contribution in [-0.2, 0) is 9.59 Å². The first-order valence-corrected chi connectivity index (χ1v) is 11.0. The summed E-state index contributed by atoms with van der Waals surface area (Å²) < 4.78 is 3.54. The van der Waals surface area contributed by atoms with Gasteiger partial charge in [0.2, 0.25) is 0 Å². The Morgan fingerprint density at radius 2 is 1.64 bits per heavy atom. The van der Waals surface area contributed by atoms with E-state index in [1.165, 1.54) is 21.4 Å². The fraction of sp³-hybridized carbons (Fsp3) is 0.350. The topological polar surface area (TPSA) is 69.7 Å². The van der Waals surface area contributed by atoms with Crippen LogP contribution in [0.2, 0.25) is 0 Å². The summed E-state index contributed by atoms with van der Waals surface area (Å²) in [6.07, 6.45) is 1.91. The number of hydrogen-bond acceptors (Lipinski definition) is 5. The van der Waals surface area contributed by atoms with Crippen molar-refractivity contribution in [1.29, 1.82) is 0 Å².